The van der Waals surface area contributed by atoms with Crippen molar-refractivity contribution in [3.63, 3.8) is 0 Å². The highest BCUT2D eigenvalue weighted by atomic mass is 32.1. The Morgan fingerprint density at radius 1 is 1.45 bits per heavy atom. The van der Waals surface area contributed by atoms with Gasteiger partial charge in [-0.1, -0.05) is 25.8 Å². The fourth-order valence-corrected chi connectivity index (χ4v) is 2.53. The largest absolute Gasteiger partial charge is 0.176 e. The Bertz CT molecular complexity index is 131. The molecule has 3 atom stereocenters. The molecule has 0 heterocycles. The van der Waals surface area contributed by atoms with Gasteiger partial charge >= 0.3 is 0 Å². The van der Waals surface area contributed by atoms with E-state index in [2.05, 4.69) is 32.2 Å². The summed E-state index contributed by atoms with van der Waals surface area (Å²) >= 11 is 4.60. The third-order valence-corrected chi connectivity index (χ3v) is 3.47. The van der Waals surface area contributed by atoms with Crippen LogP contribution in [0.4, 0.5) is 0 Å². The van der Waals surface area contributed by atoms with Crippen LogP contribution < -0.4 is 0 Å². The lowest BCUT2D eigenvalue weighted by Crippen LogP contribution is -2.24. The first-order valence-corrected chi connectivity index (χ1v) is 5.08. The molecule has 0 saturated heterocycles. The van der Waals surface area contributed by atoms with Crippen LogP contribution in [0.1, 0.15) is 32.6 Å². The maximum Gasteiger partial charge on any atom is 0.00505 e. The van der Waals surface area contributed by atoms with Gasteiger partial charge in [-0.05, 0) is 24.7 Å². The summed E-state index contributed by atoms with van der Waals surface area (Å²) in [6.45, 7) is 6.09. The van der Waals surface area contributed by atoms with Gasteiger partial charge in [0.1, 0.15) is 0 Å². The second-order valence-corrected chi connectivity index (χ2v) is 4.27. The van der Waals surface area contributed by atoms with Gasteiger partial charge in [-0.2, -0.15) is 12.6 Å². The van der Waals surface area contributed by atoms with Crippen molar-refractivity contribution < 1.29 is 0 Å². The van der Waals surface area contributed by atoms with Gasteiger partial charge in [-0.3, -0.25) is 0 Å². The fourth-order valence-electron chi connectivity index (χ4n) is 1.93. The number of thiol groups is 1. The standard InChI is InChI=1S/C10H18S/c1-3-8(2)9-6-4-5-7-10(9)11/h3,8-11H,1,4-7H2,2H3. The molecule has 11 heavy (non-hydrogen) atoms. The first-order chi connectivity index (χ1) is 5.25. The van der Waals surface area contributed by atoms with Crippen molar-refractivity contribution in [2.24, 2.45) is 11.8 Å². The summed E-state index contributed by atoms with van der Waals surface area (Å²) in [5, 5.41) is 0.622. The van der Waals surface area contributed by atoms with Crippen molar-refractivity contribution in [2.75, 3.05) is 0 Å². The van der Waals surface area contributed by atoms with Crippen LogP contribution in [0.5, 0.6) is 0 Å². The quantitative estimate of drug-likeness (QED) is 0.477. The van der Waals surface area contributed by atoms with Crippen molar-refractivity contribution >= 4 is 12.6 Å². The first-order valence-electron chi connectivity index (χ1n) is 4.56. The molecule has 1 aliphatic carbocycles. The summed E-state index contributed by atoms with van der Waals surface area (Å²) < 4.78 is 0. The minimum Gasteiger partial charge on any atom is -0.176 e. The third kappa shape index (κ3) is 2.26. The SMILES string of the molecule is C=CC(C)C1CCCCC1S. The predicted molar refractivity (Wildman–Crippen MR) is 54.1 cm³/mol. The van der Waals surface area contributed by atoms with E-state index in [-0.39, 0.29) is 0 Å². The van der Waals surface area contributed by atoms with E-state index in [0.29, 0.717) is 11.2 Å². The molecule has 0 aromatic heterocycles. The maximum absolute atomic E-state index is 4.60. The van der Waals surface area contributed by atoms with Crippen LogP contribution in [0.15, 0.2) is 12.7 Å². The highest BCUT2D eigenvalue weighted by molar-refractivity contribution is 7.81. The number of allylic oxidation sites excluding steroid dienone is 1. The van der Waals surface area contributed by atoms with Gasteiger partial charge in [0.2, 0.25) is 0 Å². The van der Waals surface area contributed by atoms with Gasteiger partial charge in [0.05, 0.1) is 0 Å². The molecule has 1 rings (SSSR count). The monoisotopic (exact) mass is 170 g/mol. The van der Waals surface area contributed by atoms with Crippen molar-refractivity contribution in [1.82, 2.24) is 0 Å². The van der Waals surface area contributed by atoms with E-state index in [0.717, 1.165) is 5.92 Å². The molecule has 0 spiro atoms. The van der Waals surface area contributed by atoms with E-state index in [9.17, 15) is 0 Å². The number of hydrogen-bond acceptors (Lipinski definition) is 1. The molecular weight excluding hydrogens is 152 g/mol. The lowest BCUT2D eigenvalue weighted by atomic mass is 9.80. The molecule has 0 radical (unpaired) electrons. The van der Waals surface area contributed by atoms with Gasteiger partial charge < -0.3 is 0 Å². The maximum atomic E-state index is 4.60. The van der Waals surface area contributed by atoms with Gasteiger partial charge in [0.25, 0.3) is 0 Å². The van der Waals surface area contributed by atoms with E-state index in [1.165, 1.54) is 25.7 Å². The normalized spacial score (nSPS) is 34.7. The van der Waals surface area contributed by atoms with Gasteiger partial charge in [0.15, 0.2) is 0 Å². The van der Waals surface area contributed by atoms with E-state index >= 15 is 0 Å². The molecule has 1 saturated carbocycles. The first kappa shape index (κ1) is 9.18. The van der Waals surface area contributed by atoms with Crippen molar-refractivity contribution in [2.45, 2.75) is 37.9 Å². The third-order valence-electron chi connectivity index (χ3n) is 2.83. The second-order valence-electron chi connectivity index (χ2n) is 3.61. The minimum atomic E-state index is 0.622. The molecule has 0 aliphatic heterocycles. The average molecular weight is 170 g/mol. The van der Waals surface area contributed by atoms with E-state index in [4.69, 9.17) is 0 Å². The molecule has 0 N–H and O–H groups in total. The van der Waals surface area contributed by atoms with E-state index < -0.39 is 0 Å². The summed E-state index contributed by atoms with van der Waals surface area (Å²) in [5.41, 5.74) is 0. The summed E-state index contributed by atoms with van der Waals surface area (Å²) in [6.07, 6.45) is 7.47. The lowest BCUT2D eigenvalue weighted by Gasteiger charge is -2.31. The molecule has 1 heteroatoms. The lowest BCUT2D eigenvalue weighted by molar-refractivity contribution is 0.312. The highest BCUT2D eigenvalue weighted by Gasteiger charge is 2.25. The van der Waals surface area contributed by atoms with Crippen LogP contribution in [0.25, 0.3) is 0 Å². The van der Waals surface area contributed by atoms with Crippen LogP contribution in [0.2, 0.25) is 0 Å². The van der Waals surface area contributed by atoms with E-state index in [1.54, 1.807) is 0 Å². The van der Waals surface area contributed by atoms with E-state index in [1.807, 2.05) is 0 Å². The molecule has 0 aromatic carbocycles. The Morgan fingerprint density at radius 3 is 2.64 bits per heavy atom. The second kappa shape index (κ2) is 4.20. The van der Waals surface area contributed by atoms with Crippen LogP contribution in [0, 0.1) is 11.8 Å². The summed E-state index contributed by atoms with van der Waals surface area (Å²) in [6, 6.07) is 0. The van der Waals surface area contributed by atoms with Crippen molar-refractivity contribution in [3.05, 3.63) is 12.7 Å². The van der Waals surface area contributed by atoms with Crippen LogP contribution in [-0.2, 0) is 0 Å². The van der Waals surface area contributed by atoms with Crippen LogP contribution >= 0.6 is 12.6 Å². The summed E-state index contributed by atoms with van der Waals surface area (Å²) in [4.78, 5) is 0. The van der Waals surface area contributed by atoms with Crippen LogP contribution in [0.3, 0.4) is 0 Å². The highest BCUT2D eigenvalue weighted by Crippen LogP contribution is 2.33. The molecular formula is C10H18S. The molecule has 1 aliphatic rings. The van der Waals surface area contributed by atoms with Crippen molar-refractivity contribution in [1.29, 1.82) is 0 Å². The molecule has 0 nitrogen and oxygen atoms in total. The van der Waals surface area contributed by atoms with Gasteiger partial charge in [-0.15, -0.1) is 6.58 Å². The Morgan fingerprint density at radius 2 is 2.09 bits per heavy atom. The zero-order chi connectivity index (χ0) is 8.27. The molecule has 1 fully saturated rings. The number of rotatable bonds is 2. The fraction of sp³-hybridized carbons (Fsp3) is 0.800. The summed E-state index contributed by atoms with van der Waals surface area (Å²) in [7, 11) is 0. The Hall–Kier alpha value is 0.0900. The molecule has 0 amide bonds. The zero-order valence-corrected chi connectivity index (χ0v) is 8.19. The van der Waals surface area contributed by atoms with Gasteiger partial charge in [-0.25, -0.2) is 0 Å². The predicted octanol–water partition coefficient (Wildman–Crippen LogP) is 3.30. The molecule has 0 bridgehead atoms. The molecule has 0 aromatic rings. The van der Waals surface area contributed by atoms with Crippen LogP contribution in [-0.4, -0.2) is 5.25 Å². The molecule has 3 unspecified atom stereocenters. The van der Waals surface area contributed by atoms with Crippen molar-refractivity contribution in [3.8, 4) is 0 Å². The smallest absolute Gasteiger partial charge is 0.00505 e. The minimum absolute atomic E-state index is 0.622. The average Bonchev–Trinajstić information content (AvgIpc) is 2.04. The Labute approximate surface area is 75.5 Å². The number of hydrogen-bond donors (Lipinski definition) is 1. The van der Waals surface area contributed by atoms with Gasteiger partial charge in [0, 0.05) is 5.25 Å². The zero-order valence-electron chi connectivity index (χ0n) is 7.29. The molecule has 64 valence electrons. The topological polar surface area (TPSA) is 0 Å². The summed E-state index contributed by atoms with van der Waals surface area (Å²) in [5.74, 6) is 1.43. The Balaban J connectivity index is 2.46. The Kier molecular flexibility index (Phi) is 3.50.